The lowest BCUT2D eigenvalue weighted by Gasteiger charge is -2.03. The van der Waals surface area contributed by atoms with E-state index in [1.165, 1.54) is 24.2 Å². The first kappa shape index (κ1) is 8.97. The third-order valence-corrected chi connectivity index (χ3v) is 3.41. The highest BCUT2D eigenvalue weighted by Gasteiger charge is 2.21. The number of anilines is 1. The number of thiazole rings is 1. The molecule has 1 aromatic carbocycles. The maximum Gasteiger partial charge on any atom is 0.181 e. The molecule has 15 heavy (non-hydrogen) atoms. The molecule has 1 aliphatic rings. The van der Waals surface area contributed by atoms with E-state index in [1.54, 1.807) is 0 Å². The standard InChI is InChI=1S/C11H12N2OS/c12-11-13-9-4-3-8(5-10(9)15-11)14-6-7-1-2-7/h3-5,7H,1-2,6H2,(H2,12,13). The average molecular weight is 220 g/mol. The Kier molecular flexibility index (Phi) is 2.02. The monoisotopic (exact) mass is 220 g/mol. The van der Waals surface area contributed by atoms with Gasteiger partial charge >= 0.3 is 0 Å². The van der Waals surface area contributed by atoms with Gasteiger partial charge in [0.15, 0.2) is 5.13 Å². The molecule has 78 valence electrons. The molecule has 3 nitrogen and oxygen atoms in total. The predicted octanol–water partition coefficient (Wildman–Crippen LogP) is 2.67. The van der Waals surface area contributed by atoms with E-state index in [-0.39, 0.29) is 0 Å². The van der Waals surface area contributed by atoms with Gasteiger partial charge in [-0.3, -0.25) is 0 Å². The smallest absolute Gasteiger partial charge is 0.181 e. The first-order valence-electron chi connectivity index (χ1n) is 5.10. The molecular formula is C11H12N2OS. The number of rotatable bonds is 3. The van der Waals surface area contributed by atoms with Crippen LogP contribution in [0.2, 0.25) is 0 Å². The summed E-state index contributed by atoms with van der Waals surface area (Å²) in [5.74, 6) is 1.71. The van der Waals surface area contributed by atoms with Gasteiger partial charge in [0.25, 0.3) is 0 Å². The molecule has 0 bridgehead atoms. The highest BCUT2D eigenvalue weighted by molar-refractivity contribution is 7.22. The van der Waals surface area contributed by atoms with Crippen LogP contribution in [0.1, 0.15) is 12.8 Å². The third kappa shape index (κ3) is 1.90. The number of aromatic nitrogens is 1. The minimum Gasteiger partial charge on any atom is -0.493 e. The number of fused-ring (bicyclic) bond motifs is 1. The Morgan fingerprint density at radius 3 is 3.13 bits per heavy atom. The van der Waals surface area contributed by atoms with E-state index in [2.05, 4.69) is 4.98 Å². The summed E-state index contributed by atoms with van der Waals surface area (Å²) >= 11 is 1.50. The zero-order chi connectivity index (χ0) is 10.3. The van der Waals surface area contributed by atoms with Crippen LogP contribution < -0.4 is 10.5 Å². The number of nitrogen functional groups attached to an aromatic ring is 1. The van der Waals surface area contributed by atoms with Crippen molar-refractivity contribution in [2.45, 2.75) is 12.8 Å². The van der Waals surface area contributed by atoms with Crippen LogP contribution in [0.15, 0.2) is 18.2 Å². The van der Waals surface area contributed by atoms with Crippen molar-refractivity contribution in [2.75, 3.05) is 12.3 Å². The predicted molar refractivity (Wildman–Crippen MR) is 62.3 cm³/mol. The molecule has 1 aromatic heterocycles. The lowest BCUT2D eigenvalue weighted by Crippen LogP contribution is -1.98. The van der Waals surface area contributed by atoms with Gasteiger partial charge < -0.3 is 10.5 Å². The largest absolute Gasteiger partial charge is 0.493 e. The zero-order valence-electron chi connectivity index (χ0n) is 8.27. The molecule has 1 fully saturated rings. The van der Waals surface area contributed by atoms with Gasteiger partial charge in [-0.25, -0.2) is 4.98 Å². The number of benzene rings is 1. The van der Waals surface area contributed by atoms with Crippen molar-refractivity contribution in [3.63, 3.8) is 0 Å². The number of ether oxygens (including phenoxy) is 1. The molecule has 4 heteroatoms. The Balaban J connectivity index is 1.84. The fourth-order valence-electron chi connectivity index (χ4n) is 1.51. The van der Waals surface area contributed by atoms with Crippen molar-refractivity contribution in [1.29, 1.82) is 0 Å². The van der Waals surface area contributed by atoms with Gasteiger partial charge in [-0.15, -0.1) is 0 Å². The van der Waals surface area contributed by atoms with Crippen molar-refractivity contribution in [3.8, 4) is 5.75 Å². The van der Waals surface area contributed by atoms with Crippen LogP contribution in [-0.4, -0.2) is 11.6 Å². The van der Waals surface area contributed by atoms with Gasteiger partial charge in [-0.1, -0.05) is 11.3 Å². The van der Waals surface area contributed by atoms with Crippen molar-refractivity contribution in [1.82, 2.24) is 4.98 Å². The Morgan fingerprint density at radius 1 is 1.47 bits per heavy atom. The number of hydrogen-bond donors (Lipinski definition) is 1. The normalized spacial score (nSPS) is 15.7. The molecule has 0 spiro atoms. The fraction of sp³-hybridized carbons (Fsp3) is 0.364. The molecule has 0 unspecified atom stereocenters. The van der Waals surface area contributed by atoms with E-state index >= 15 is 0 Å². The van der Waals surface area contributed by atoms with Crippen molar-refractivity contribution in [2.24, 2.45) is 5.92 Å². The maximum atomic E-state index is 5.69. The van der Waals surface area contributed by atoms with Crippen LogP contribution in [0.4, 0.5) is 5.13 Å². The molecule has 0 radical (unpaired) electrons. The molecule has 3 rings (SSSR count). The van der Waals surface area contributed by atoms with Crippen molar-refractivity contribution >= 4 is 26.7 Å². The van der Waals surface area contributed by atoms with Gasteiger partial charge in [-0.2, -0.15) is 0 Å². The van der Waals surface area contributed by atoms with E-state index in [0.717, 1.165) is 28.5 Å². The summed E-state index contributed by atoms with van der Waals surface area (Å²) in [5.41, 5.74) is 6.59. The van der Waals surface area contributed by atoms with E-state index in [9.17, 15) is 0 Å². The number of hydrogen-bond acceptors (Lipinski definition) is 4. The van der Waals surface area contributed by atoms with Crippen LogP contribution >= 0.6 is 11.3 Å². The first-order valence-corrected chi connectivity index (χ1v) is 5.92. The van der Waals surface area contributed by atoms with Crippen LogP contribution in [0.25, 0.3) is 10.2 Å². The number of nitrogens with two attached hydrogens (primary N) is 1. The Morgan fingerprint density at radius 2 is 2.33 bits per heavy atom. The summed E-state index contributed by atoms with van der Waals surface area (Å²) in [6.07, 6.45) is 2.63. The second-order valence-electron chi connectivity index (χ2n) is 3.94. The topological polar surface area (TPSA) is 48.1 Å². The quantitative estimate of drug-likeness (QED) is 0.865. The van der Waals surface area contributed by atoms with Gasteiger partial charge in [0.1, 0.15) is 5.75 Å². The molecular weight excluding hydrogens is 208 g/mol. The second kappa shape index (κ2) is 3.38. The van der Waals surface area contributed by atoms with E-state index < -0.39 is 0 Å². The lowest BCUT2D eigenvalue weighted by molar-refractivity contribution is 0.300. The minimum atomic E-state index is 0.615. The van der Waals surface area contributed by atoms with Crippen LogP contribution in [-0.2, 0) is 0 Å². The SMILES string of the molecule is Nc1nc2ccc(OCC3CC3)cc2s1. The first-order chi connectivity index (χ1) is 7.31. The summed E-state index contributed by atoms with van der Waals surface area (Å²) in [6, 6.07) is 5.94. The number of nitrogens with zero attached hydrogens (tertiary/aromatic N) is 1. The van der Waals surface area contributed by atoms with Crippen LogP contribution in [0, 0.1) is 5.92 Å². The molecule has 2 aromatic rings. The van der Waals surface area contributed by atoms with Gasteiger partial charge in [0, 0.05) is 0 Å². The van der Waals surface area contributed by atoms with E-state index in [0.29, 0.717) is 5.13 Å². The van der Waals surface area contributed by atoms with Crippen molar-refractivity contribution in [3.05, 3.63) is 18.2 Å². The molecule has 1 heterocycles. The maximum absolute atomic E-state index is 5.69. The summed E-state index contributed by atoms with van der Waals surface area (Å²) < 4.78 is 6.78. The zero-order valence-corrected chi connectivity index (χ0v) is 9.09. The molecule has 1 saturated carbocycles. The lowest BCUT2D eigenvalue weighted by atomic mass is 10.3. The van der Waals surface area contributed by atoms with Crippen molar-refractivity contribution < 1.29 is 4.74 Å². The summed E-state index contributed by atoms with van der Waals surface area (Å²) in [5, 5.41) is 0.615. The van der Waals surface area contributed by atoms with Crippen LogP contribution in [0.3, 0.4) is 0 Å². The molecule has 0 saturated heterocycles. The Labute approximate surface area is 91.9 Å². The Hall–Kier alpha value is -1.29. The third-order valence-electron chi connectivity index (χ3n) is 2.56. The van der Waals surface area contributed by atoms with Crippen LogP contribution in [0.5, 0.6) is 5.75 Å². The highest BCUT2D eigenvalue weighted by atomic mass is 32.1. The molecule has 0 atom stereocenters. The molecule has 0 amide bonds. The highest BCUT2D eigenvalue weighted by Crippen LogP contribution is 2.31. The van der Waals surface area contributed by atoms with E-state index in [1.807, 2.05) is 18.2 Å². The van der Waals surface area contributed by atoms with E-state index in [4.69, 9.17) is 10.5 Å². The Bertz CT molecular complexity index is 490. The van der Waals surface area contributed by atoms with Gasteiger partial charge in [0.05, 0.1) is 16.8 Å². The summed E-state index contributed by atoms with van der Waals surface area (Å²) in [7, 11) is 0. The fourth-order valence-corrected chi connectivity index (χ4v) is 2.27. The molecule has 0 aliphatic heterocycles. The molecule has 1 aliphatic carbocycles. The summed E-state index contributed by atoms with van der Waals surface area (Å²) in [6.45, 7) is 0.847. The average Bonchev–Trinajstić information content (AvgIpc) is 2.96. The minimum absolute atomic E-state index is 0.615. The second-order valence-corrected chi connectivity index (χ2v) is 5.00. The summed E-state index contributed by atoms with van der Waals surface area (Å²) in [4.78, 5) is 4.20. The van der Waals surface area contributed by atoms with Gasteiger partial charge in [0.2, 0.25) is 0 Å². The molecule has 2 N–H and O–H groups in total. The van der Waals surface area contributed by atoms with Gasteiger partial charge in [-0.05, 0) is 37.0 Å².